The van der Waals surface area contributed by atoms with E-state index < -0.39 is 6.17 Å². The fraction of sp³-hybridized carbons (Fsp3) is 0.462. The molecule has 1 fully saturated rings. The molecule has 0 spiro atoms. The second-order valence-electron chi connectivity index (χ2n) is 5.00. The number of nitrogens with zero attached hydrogens (tertiary/aromatic N) is 2. The number of rotatable bonds is 1. The SMILES string of the molecule is CN1CC[C@@H](c2cc3[nH]ncc3cc2Cl)[C@H](F)C1. The van der Waals surface area contributed by atoms with Gasteiger partial charge >= 0.3 is 0 Å². The Balaban J connectivity index is 2.00. The molecule has 0 unspecified atom stereocenters. The lowest BCUT2D eigenvalue weighted by Gasteiger charge is -2.32. The Kier molecular flexibility index (Phi) is 2.99. The monoisotopic (exact) mass is 267 g/mol. The van der Waals surface area contributed by atoms with Gasteiger partial charge in [0.25, 0.3) is 0 Å². The molecule has 18 heavy (non-hydrogen) atoms. The zero-order valence-corrected chi connectivity index (χ0v) is 10.9. The third-order valence-corrected chi connectivity index (χ3v) is 4.03. The molecule has 2 atom stereocenters. The normalized spacial score (nSPS) is 25.7. The Morgan fingerprint density at radius 1 is 1.50 bits per heavy atom. The summed E-state index contributed by atoms with van der Waals surface area (Å²) in [7, 11) is 1.95. The first-order chi connectivity index (χ1) is 8.65. The second kappa shape index (κ2) is 4.52. The van der Waals surface area contributed by atoms with Crippen molar-refractivity contribution in [1.82, 2.24) is 15.1 Å². The molecule has 3 rings (SSSR count). The number of aromatic nitrogens is 2. The first-order valence-corrected chi connectivity index (χ1v) is 6.48. The van der Waals surface area contributed by atoms with Gasteiger partial charge in [-0.3, -0.25) is 5.10 Å². The zero-order chi connectivity index (χ0) is 12.7. The third kappa shape index (κ3) is 1.99. The van der Waals surface area contributed by atoms with Gasteiger partial charge in [0.1, 0.15) is 6.17 Å². The third-order valence-electron chi connectivity index (χ3n) is 3.70. The molecule has 1 aromatic heterocycles. The molecule has 0 bridgehead atoms. The summed E-state index contributed by atoms with van der Waals surface area (Å²) in [5.41, 5.74) is 1.81. The topological polar surface area (TPSA) is 31.9 Å². The molecule has 1 saturated heterocycles. The minimum absolute atomic E-state index is 0.110. The number of fused-ring (bicyclic) bond motifs is 1. The van der Waals surface area contributed by atoms with Gasteiger partial charge in [-0.25, -0.2) is 4.39 Å². The van der Waals surface area contributed by atoms with E-state index in [0.717, 1.165) is 29.4 Å². The van der Waals surface area contributed by atoms with Crippen molar-refractivity contribution in [3.63, 3.8) is 0 Å². The fourth-order valence-electron chi connectivity index (χ4n) is 2.67. The standard InChI is InChI=1S/C13H15ClFN3/c1-18-3-2-9(12(15)7-18)10-5-13-8(4-11(10)14)6-16-17-13/h4-6,9,12H,2-3,7H2,1H3,(H,16,17)/t9-,12+/m0/s1. The summed E-state index contributed by atoms with van der Waals surface area (Å²) in [6, 6.07) is 3.80. The van der Waals surface area contributed by atoms with E-state index >= 15 is 0 Å². The number of alkyl halides is 1. The van der Waals surface area contributed by atoms with Crippen LogP contribution >= 0.6 is 11.6 Å². The Morgan fingerprint density at radius 3 is 3.11 bits per heavy atom. The summed E-state index contributed by atoms with van der Waals surface area (Å²) in [6.07, 6.45) is 1.67. The van der Waals surface area contributed by atoms with Crippen molar-refractivity contribution in [2.75, 3.05) is 20.1 Å². The Morgan fingerprint density at radius 2 is 2.33 bits per heavy atom. The van der Waals surface area contributed by atoms with E-state index in [1.54, 1.807) is 6.20 Å². The number of likely N-dealkylation sites (tertiary alicyclic amines) is 1. The van der Waals surface area contributed by atoms with Crippen molar-refractivity contribution < 1.29 is 4.39 Å². The fourth-order valence-corrected chi connectivity index (χ4v) is 2.98. The minimum Gasteiger partial charge on any atom is -0.303 e. The van der Waals surface area contributed by atoms with E-state index in [0.29, 0.717) is 11.6 Å². The molecule has 2 heterocycles. The predicted octanol–water partition coefficient (Wildman–Crippen LogP) is 2.97. The van der Waals surface area contributed by atoms with Crippen LogP contribution in [0.2, 0.25) is 5.02 Å². The molecule has 1 N–H and O–H groups in total. The van der Waals surface area contributed by atoms with E-state index in [-0.39, 0.29) is 5.92 Å². The minimum atomic E-state index is -0.860. The van der Waals surface area contributed by atoms with Crippen molar-refractivity contribution in [2.45, 2.75) is 18.5 Å². The average Bonchev–Trinajstić information content (AvgIpc) is 2.75. The van der Waals surface area contributed by atoms with Crippen LogP contribution in [0.1, 0.15) is 17.9 Å². The number of H-pyrrole nitrogens is 1. The molecular formula is C13H15ClFN3. The molecule has 0 radical (unpaired) electrons. The molecule has 96 valence electrons. The second-order valence-corrected chi connectivity index (χ2v) is 5.41. The molecule has 1 aliphatic rings. The number of nitrogens with one attached hydrogen (secondary N) is 1. The first-order valence-electron chi connectivity index (χ1n) is 6.10. The van der Waals surface area contributed by atoms with Gasteiger partial charge in [-0.1, -0.05) is 11.6 Å². The van der Waals surface area contributed by atoms with Crippen LogP contribution in [0.4, 0.5) is 4.39 Å². The smallest absolute Gasteiger partial charge is 0.120 e. The summed E-state index contributed by atoms with van der Waals surface area (Å²) in [5.74, 6) is -0.110. The van der Waals surface area contributed by atoms with Crippen LogP contribution in [-0.2, 0) is 0 Å². The quantitative estimate of drug-likeness (QED) is 0.861. The maximum atomic E-state index is 14.2. The predicted molar refractivity (Wildman–Crippen MR) is 70.9 cm³/mol. The highest BCUT2D eigenvalue weighted by molar-refractivity contribution is 6.32. The highest BCUT2D eigenvalue weighted by Gasteiger charge is 2.30. The van der Waals surface area contributed by atoms with E-state index in [2.05, 4.69) is 10.2 Å². The van der Waals surface area contributed by atoms with Crippen LogP contribution < -0.4 is 0 Å². The van der Waals surface area contributed by atoms with Gasteiger partial charge in [-0.15, -0.1) is 0 Å². The van der Waals surface area contributed by atoms with E-state index in [1.165, 1.54) is 0 Å². The number of hydrogen-bond acceptors (Lipinski definition) is 2. The van der Waals surface area contributed by atoms with Crippen LogP contribution in [0.25, 0.3) is 10.9 Å². The Labute approximate surface area is 110 Å². The molecule has 2 aromatic rings. The number of aromatic amines is 1. The van der Waals surface area contributed by atoms with Gasteiger partial charge < -0.3 is 4.90 Å². The number of piperidine rings is 1. The summed E-state index contributed by atoms with van der Waals surface area (Å²) in [6.45, 7) is 1.38. The van der Waals surface area contributed by atoms with E-state index in [1.807, 2.05) is 24.1 Å². The molecule has 0 aliphatic carbocycles. The number of benzene rings is 1. The van der Waals surface area contributed by atoms with Gasteiger partial charge in [-0.2, -0.15) is 5.10 Å². The van der Waals surface area contributed by atoms with Crippen molar-refractivity contribution >= 4 is 22.5 Å². The van der Waals surface area contributed by atoms with Crippen molar-refractivity contribution in [1.29, 1.82) is 0 Å². The Hall–Kier alpha value is -1.13. The highest BCUT2D eigenvalue weighted by atomic mass is 35.5. The Bertz CT molecular complexity index is 568. The molecule has 1 aliphatic heterocycles. The molecule has 3 nitrogen and oxygen atoms in total. The summed E-state index contributed by atoms with van der Waals surface area (Å²) < 4.78 is 14.2. The van der Waals surface area contributed by atoms with Crippen LogP contribution in [0.15, 0.2) is 18.3 Å². The number of halogens is 2. The van der Waals surface area contributed by atoms with Crippen LogP contribution in [0.5, 0.6) is 0 Å². The van der Waals surface area contributed by atoms with Crippen LogP contribution in [-0.4, -0.2) is 41.4 Å². The highest BCUT2D eigenvalue weighted by Crippen LogP contribution is 2.36. The van der Waals surface area contributed by atoms with E-state index in [4.69, 9.17) is 11.6 Å². The first kappa shape index (κ1) is 11.9. The van der Waals surface area contributed by atoms with Gasteiger partial charge in [0.05, 0.1) is 11.7 Å². The van der Waals surface area contributed by atoms with Crippen LogP contribution in [0, 0.1) is 0 Å². The lowest BCUT2D eigenvalue weighted by Crippen LogP contribution is -2.38. The molecular weight excluding hydrogens is 253 g/mol. The lowest BCUT2D eigenvalue weighted by atomic mass is 9.87. The average molecular weight is 268 g/mol. The van der Waals surface area contributed by atoms with Crippen molar-refractivity contribution in [3.05, 3.63) is 28.9 Å². The largest absolute Gasteiger partial charge is 0.303 e. The molecule has 1 aromatic carbocycles. The van der Waals surface area contributed by atoms with Gasteiger partial charge in [0.2, 0.25) is 0 Å². The number of hydrogen-bond donors (Lipinski definition) is 1. The van der Waals surface area contributed by atoms with Gasteiger partial charge in [-0.05, 0) is 37.7 Å². The molecule has 0 saturated carbocycles. The summed E-state index contributed by atoms with van der Waals surface area (Å²) in [5, 5.41) is 8.49. The van der Waals surface area contributed by atoms with Gasteiger partial charge in [0, 0.05) is 22.9 Å². The van der Waals surface area contributed by atoms with Crippen molar-refractivity contribution in [2.24, 2.45) is 0 Å². The molecule has 5 heteroatoms. The maximum Gasteiger partial charge on any atom is 0.120 e. The van der Waals surface area contributed by atoms with Gasteiger partial charge in [0.15, 0.2) is 0 Å². The van der Waals surface area contributed by atoms with E-state index in [9.17, 15) is 4.39 Å². The lowest BCUT2D eigenvalue weighted by molar-refractivity contribution is 0.139. The summed E-state index contributed by atoms with van der Waals surface area (Å²) in [4.78, 5) is 2.02. The molecule has 0 amide bonds. The maximum absolute atomic E-state index is 14.2. The van der Waals surface area contributed by atoms with Crippen molar-refractivity contribution in [3.8, 4) is 0 Å². The van der Waals surface area contributed by atoms with Crippen LogP contribution in [0.3, 0.4) is 0 Å². The summed E-state index contributed by atoms with van der Waals surface area (Å²) >= 11 is 6.27. The zero-order valence-electron chi connectivity index (χ0n) is 10.2.